The molecule has 2 aliphatic rings. The Labute approximate surface area is 202 Å². The summed E-state index contributed by atoms with van der Waals surface area (Å²) in [7, 11) is 0. The summed E-state index contributed by atoms with van der Waals surface area (Å²) < 4.78 is 12.8. The topological polar surface area (TPSA) is 23.8 Å². The van der Waals surface area contributed by atoms with Crippen molar-refractivity contribution in [2.24, 2.45) is 17.8 Å². The summed E-state index contributed by atoms with van der Waals surface area (Å²) in [5, 5.41) is 8.41. The minimum atomic E-state index is -0.711. The van der Waals surface area contributed by atoms with Gasteiger partial charge in [-0.05, 0) is 92.2 Å². The van der Waals surface area contributed by atoms with Gasteiger partial charge in [0, 0.05) is 0 Å². The molecule has 2 fully saturated rings. The van der Waals surface area contributed by atoms with E-state index in [4.69, 9.17) is 5.26 Å². The minimum absolute atomic E-state index is 0.711. The predicted molar refractivity (Wildman–Crippen MR) is 138 cm³/mol. The molecule has 2 aliphatic carbocycles. The van der Waals surface area contributed by atoms with Gasteiger partial charge < -0.3 is 0 Å². The van der Waals surface area contributed by atoms with Gasteiger partial charge in [0.1, 0.15) is 6.07 Å². The highest BCUT2D eigenvalue weighted by Crippen LogP contribution is 2.40. The molecule has 0 radical (unpaired) electrons. The van der Waals surface area contributed by atoms with Crippen LogP contribution in [0.5, 0.6) is 0 Å². The molecule has 33 heavy (non-hydrogen) atoms. The van der Waals surface area contributed by atoms with E-state index in [1.54, 1.807) is 11.6 Å². The fraction of sp³-hybridized carbons (Fsp3) is 0.645. The summed E-state index contributed by atoms with van der Waals surface area (Å²) in [6, 6.07) is 11.1. The van der Waals surface area contributed by atoms with E-state index in [1.165, 1.54) is 108 Å². The Kier molecular flexibility index (Phi) is 11.2. The highest BCUT2D eigenvalue weighted by atomic mass is 19.1. The van der Waals surface area contributed by atoms with E-state index in [-0.39, 0.29) is 0 Å². The Balaban J connectivity index is 1.27. The molecule has 1 aromatic carbocycles. The average molecular weight is 450 g/mol. The molecule has 0 bridgehead atoms. The molecule has 0 aliphatic heterocycles. The minimum Gasteiger partial charge on any atom is -0.195 e. The van der Waals surface area contributed by atoms with Gasteiger partial charge in [0.25, 0.3) is 0 Å². The van der Waals surface area contributed by atoms with Gasteiger partial charge in [-0.3, -0.25) is 0 Å². The van der Waals surface area contributed by atoms with Gasteiger partial charge in [0.2, 0.25) is 0 Å². The lowest BCUT2D eigenvalue weighted by atomic mass is 9.74. The Morgan fingerprint density at radius 1 is 0.909 bits per heavy atom. The monoisotopic (exact) mass is 449 g/mol. The Hall–Kier alpha value is -1.88. The molecule has 0 atom stereocenters. The second-order valence-corrected chi connectivity index (χ2v) is 10.7. The predicted octanol–water partition coefficient (Wildman–Crippen LogP) is 9.60. The van der Waals surface area contributed by atoms with E-state index in [1.807, 2.05) is 6.08 Å². The number of hydrogen-bond donors (Lipinski definition) is 0. The first-order valence-corrected chi connectivity index (χ1v) is 13.7. The van der Waals surface area contributed by atoms with Crippen molar-refractivity contribution in [3.8, 4) is 6.07 Å². The van der Waals surface area contributed by atoms with Crippen LogP contribution in [0.3, 0.4) is 0 Å². The van der Waals surface area contributed by atoms with Gasteiger partial charge in [-0.1, -0.05) is 88.3 Å². The molecular weight excluding hydrogens is 405 g/mol. The van der Waals surface area contributed by atoms with E-state index in [0.29, 0.717) is 0 Å². The number of aryl methyl sites for hydroxylation is 1. The molecule has 180 valence electrons. The Bertz CT molecular complexity index is 768. The standard InChI is InChI=1S/C31H44FN/c1-2-3-7-25-16-20-29(21-17-25)30-22-18-28(19-23-30)15-14-27-12-10-26(11-13-27)8-5-4-6-9-31(32)24-33/h4,6,9,16-17,20-21,26-28,30H,2-3,5,7-8,10-15,18-19,22-23H2,1H3/b6-4+,31-9-. The van der Waals surface area contributed by atoms with Crippen molar-refractivity contribution in [1.82, 2.24) is 0 Å². The molecule has 0 unspecified atom stereocenters. The zero-order chi connectivity index (χ0) is 23.3. The molecule has 0 amide bonds. The first-order chi connectivity index (χ1) is 16.2. The molecule has 1 nitrogen and oxygen atoms in total. The maximum Gasteiger partial charge on any atom is 0.199 e. The fourth-order valence-corrected chi connectivity index (χ4v) is 6.02. The van der Waals surface area contributed by atoms with Gasteiger partial charge in [-0.15, -0.1) is 0 Å². The zero-order valence-electron chi connectivity index (χ0n) is 20.8. The smallest absolute Gasteiger partial charge is 0.195 e. The van der Waals surface area contributed by atoms with Gasteiger partial charge in [-0.2, -0.15) is 9.65 Å². The summed E-state index contributed by atoms with van der Waals surface area (Å²) in [6.45, 7) is 2.27. The normalized spacial score (nSPS) is 26.4. The van der Waals surface area contributed by atoms with Crippen LogP contribution in [0.15, 0.2) is 48.3 Å². The van der Waals surface area contributed by atoms with Crippen LogP contribution in [-0.2, 0) is 6.42 Å². The molecule has 0 heterocycles. The van der Waals surface area contributed by atoms with Crippen LogP contribution >= 0.6 is 0 Å². The Morgan fingerprint density at radius 3 is 2.06 bits per heavy atom. The lowest BCUT2D eigenvalue weighted by Crippen LogP contribution is -2.17. The van der Waals surface area contributed by atoms with Gasteiger partial charge in [0.15, 0.2) is 5.83 Å². The Morgan fingerprint density at radius 2 is 1.48 bits per heavy atom. The summed E-state index contributed by atoms with van der Waals surface area (Å²) >= 11 is 0. The van der Waals surface area contributed by atoms with E-state index < -0.39 is 5.83 Å². The van der Waals surface area contributed by atoms with Gasteiger partial charge in [0.05, 0.1) is 0 Å². The number of unbranched alkanes of at least 4 members (excludes halogenated alkanes) is 1. The lowest BCUT2D eigenvalue weighted by molar-refractivity contribution is 0.225. The van der Waals surface area contributed by atoms with Crippen molar-refractivity contribution in [1.29, 1.82) is 5.26 Å². The summed E-state index contributed by atoms with van der Waals surface area (Å²) in [4.78, 5) is 0. The second kappa shape index (κ2) is 14.4. The number of nitriles is 1. The number of benzene rings is 1. The third kappa shape index (κ3) is 9.11. The zero-order valence-corrected chi connectivity index (χ0v) is 20.8. The number of nitrogens with zero attached hydrogens (tertiary/aromatic N) is 1. The first-order valence-electron chi connectivity index (χ1n) is 13.7. The average Bonchev–Trinajstić information content (AvgIpc) is 2.87. The summed E-state index contributed by atoms with van der Waals surface area (Å²) in [5.41, 5.74) is 3.08. The highest BCUT2D eigenvalue weighted by molar-refractivity contribution is 5.26. The maximum absolute atomic E-state index is 12.8. The number of halogens is 1. The quantitative estimate of drug-likeness (QED) is 0.244. The van der Waals surface area contributed by atoms with E-state index in [2.05, 4.69) is 31.2 Å². The van der Waals surface area contributed by atoms with Gasteiger partial charge >= 0.3 is 0 Å². The largest absolute Gasteiger partial charge is 0.199 e. The highest BCUT2D eigenvalue weighted by Gasteiger charge is 2.25. The van der Waals surface area contributed by atoms with Crippen molar-refractivity contribution < 1.29 is 4.39 Å². The van der Waals surface area contributed by atoms with Crippen LogP contribution in [-0.4, -0.2) is 0 Å². The van der Waals surface area contributed by atoms with Crippen molar-refractivity contribution in [2.75, 3.05) is 0 Å². The van der Waals surface area contributed by atoms with E-state index in [9.17, 15) is 4.39 Å². The summed E-state index contributed by atoms with van der Waals surface area (Å²) in [6.07, 6.45) is 25.0. The molecule has 0 aromatic heterocycles. The number of rotatable bonds is 11. The number of allylic oxidation sites excluding steroid dienone is 4. The van der Waals surface area contributed by atoms with Crippen molar-refractivity contribution in [2.45, 2.75) is 109 Å². The SMILES string of the molecule is CCCCc1ccc(C2CCC(CCC3CCC(CC/C=C/C=C(\F)C#N)CC3)CC2)cc1. The molecule has 1 aromatic rings. The van der Waals surface area contributed by atoms with Crippen LogP contribution in [0.25, 0.3) is 0 Å². The van der Waals surface area contributed by atoms with Crippen molar-refractivity contribution >= 4 is 0 Å². The van der Waals surface area contributed by atoms with Gasteiger partial charge in [-0.25, -0.2) is 0 Å². The van der Waals surface area contributed by atoms with Crippen LogP contribution in [0, 0.1) is 29.1 Å². The third-order valence-electron chi connectivity index (χ3n) is 8.29. The molecule has 0 spiro atoms. The molecule has 0 saturated heterocycles. The third-order valence-corrected chi connectivity index (χ3v) is 8.29. The molecular formula is C31H44FN. The first kappa shape index (κ1) is 25.7. The molecule has 2 saturated carbocycles. The van der Waals surface area contributed by atoms with Crippen LogP contribution in [0.1, 0.15) is 114 Å². The number of hydrogen-bond acceptors (Lipinski definition) is 1. The van der Waals surface area contributed by atoms with E-state index >= 15 is 0 Å². The molecule has 3 rings (SSSR count). The summed E-state index contributed by atoms with van der Waals surface area (Å²) in [5.74, 6) is 2.81. The lowest BCUT2D eigenvalue weighted by Gasteiger charge is -2.32. The second-order valence-electron chi connectivity index (χ2n) is 10.7. The fourth-order valence-electron chi connectivity index (χ4n) is 6.02. The maximum atomic E-state index is 12.8. The molecule has 2 heteroatoms. The van der Waals surface area contributed by atoms with E-state index in [0.717, 1.165) is 30.1 Å². The van der Waals surface area contributed by atoms with Crippen LogP contribution < -0.4 is 0 Å². The van der Waals surface area contributed by atoms with Crippen LogP contribution in [0.2, 0.25) is 0 Å². The van der Waals surface area contributed by atoms with Crippen molar-refractivity contribution in [3.05, 3.63) is 59.4 Å². The van der Waals surface area contributed by atoms with Crippen LogP contribution in [0.4, 0.5) is 4.39 Å². The molecule has 0 N–H and O–H groups in total. The van der Waals surface area contributed by atoms with Crippen molar-refractivity contribution in [3.63, 3.8) is 0 Å².